The standard InChI is InChI=1S/C18H16BrN3OS/c19-14-5-7-15(8-6-14)21-17(23)11-24-18-13(10-20)9-12-3-1-2-4-16(12)22-18/h5-9H,1-4,11H2,(H,21,23). The Morgan fingerprint density at radius 2 is 2.04 bits per heavy atom. The van der Waals surface area contributed by atoms with Crippen molar-refractivity contribution in [2.45, 2.75) is 30.7 Å². The third-order valence-electron chi connectivity index (χ3n) is 3.85. The van der Waals surface area contributed by atoms with Crippen LogP contribution in [-0.2, 0) is 17.6 Å². The lowest BCUT2D eigenvalue weighted by molar-refractivity contribution is -0.113. The minimum Gasteiger partial charge on any atom is -0.325 e. The third-order valence-corrected chi connectivity index (χ3v) is 5.37. The van der Waals surface area contributed by atoms with Crippen LogP contribution in [0.5, 0.6) is 0 Å². The van der Waals surface area contributed by atoms with Crippen LogP contribution in [0.25, 0.3) is 0 Å². The lowest BCUT2D eigenvalue weighted by Crippen LogP contribution is -2.14. The Hall–Kier alpha value is -1.84. The predicted molar refractivity (Wildman–Crippen MR) is 99.1 cm³/mol. The fraction of sp³-hybridized carbons (Fsp3) is 0.278. The summed E-state index contributed by atoms with van der Waals surface area (Å²) in [6.07, 6.45) is 4.24. The van der Waals surface area contributed by atoms with Gasteiger partial charge in [0.25, 0.3) is 0 Å². The first kappa shape index (κ1) is 17.0. The van der Waals surface area contributed by atoms with Crippen LogP contribution in [-0.4, -0.2) is 16.6 Å². The Bertz CT molecular complexity index is 799. The zero-order valence-corrected chi connectivity index (χ0v) is 15.4. The number of carbonyl (C=O) groups is 1. The van der Waals surface area contributed by atoms with Crippen LogP contribution < -0.4 is 5.32 Å². The van der Waals surface area contributed by atoms with Crippen LogP contribution in [0.4, 0.5) is 5.69 Å². The van der Waals surface area contributed by atoms with Gasteiger partial charge in [-0.1, -0.05) is 27.7 Å². The molecule has 24 heavy (non-hydrogen) atoms. The summed E-state index contributed by atoms with van der Waals surface area (Å²) in [7, 11) is 0. The predicted octanol–water partition coefficient (Wildman–Crippen LogP) is 4.33. The number of carbonyl (C=O) groups excluding carboxylic acids is 1. The summed E-state index contributed by atoms with van der Waals surface area (Å²) >= 11 is 4.68. The van der Waals surface area contributed by atoms with Crippen molar-refractivity contribution in [3.8, 4) is 6.07 Å². The Morgan fingerprint density at radius 3 is 2.79 bits per heavy atom. The van der Waals surface area contributed by atoms with Crippen molar-refractivity contribution < 1.29 is 4.79 Å². The number of nitriles is 1. The van der Waals surface area contributed by atoms with E-state index in [0.29, 0.717) is 10.6 Å². The lowest BCUT2D eigenvalue weighted by atomic mass is 9.95. The van der Waals surface area contributed by atoms with Gasteiger partial charge in [0.15, 0.2) is 0 Å². The Kier molecular flexibility index (Phi) is 5.54. The normalized spacial score (nSPS) is 13.0. The van der Waals surface area contributed by atoms with Gasteiger partial charge in [-0.05, 0) is 61.6 Å². The Morgan fingerprint density at radius 1 is 1.29 bits per heavy atom. The molecular weight excluding hydrogens is 386 g/mol. The minimum absolute atomic E-state index is 0.106. The summed E-state index contributed by atoms with van der Waals surface area (Å²) in [6.45, 7) is 0. The number of thioether (sulfide) groups is 1. The van der Waals surface area contributed by atoms with Crippen LogP contribution in [0.15, 0.2) is 39.8 Å². The van der Waals surface area contributed by atoms with Crippen molar-refractivity contribution in [2.75, 3.05) is 11.1 Å². The average molecular weight is 402 g/mol. The van der Waals surface area contributed by atoms with E-state index in [1.165, 1.54) is 17.3 Å². The van der Waals surface area contributed by atoms with Gasteiger partial charge in [0.1, 0.15) is 11.1 Å². The highest BCUT2D eigenvalue weighted by molar-refractivity contribution is 9.10. The fourth-order valence-corrected chi connectivity index (χ4v) is 3.71. The number of benzene rings is 1. The first-order valence-corrected chi connectivity index (χ1v) is 9.54. The Balaban J connectivity index is 1.66. The number of nitrogens with one attached hydrogen (secondary N) is 1. The van der Waals surface area contributed by atoms with Crippen LogP contribution in [0.2, 0.25) is 0 Å². The molecular formula is C18H16BrN3OS. The van der Waals surface area contributed by atoms with E-state index in [9.17, 15) is 10.1 Å². The van der Waals surface area contributed by atoms with E-state index in [0.717, 1.165) is 41.5 Å². The molecule has 1 aliphatic rings. The molecule has 0 saturated heterocycles. The largest absolute Gasteiger partial charge is 0.325 e. The van der Waals surface area contributed by atoms with E-state index in [1.54, 1.807) is 0 Å². The molecule has 2 aromatic rings. The highest BCUT2D eigenvalue weighted by Crippen LogP contribution is 2.27. The number of fused-ring (bicyclic) bond motifs is 1. The van der Waals surface area contributed by atoms with Gasteiger partial charge in [-0.15, -0.1) is 0 Å². The molecule has 1 N–H and O–H groups in total. The van der Waals surface area contributed by atoms with Crippen molar-refractivity contribution in [3.05, 3.63) is 51.6 Å². The lowest BCUT2D eigenvalue weighted by Gasteiger charge is -2.16. The zero-order chi connectivity index (χ0) is 16.9. The number of hydrogen-bond donors (Lipinski definition) is 1. The fourth-order valence-electron chi connectivity index (χ4n) is 2.67. The second-order valence-corrected chi connectivity index (χ2v) is 7.49. The van der Waals surface area contributed by atoms with Gasteiger partial charge in [-0.25, -0.2) is 4.98 Å². The summed E-state index contributed by atoms with van der Waals surface area (Å²) in [6, 6.07) is 11.6. The molecule has 1 aromatic heterocycles. The second-order valence-electron chi connectivity index (χ2n) is 5.61. The van der Waals surface area contributed by atoms with Gasteiger partial charge >= 0.3 is 0 Å². The van der Waals surface area contributed by atoms with E-state index < -0.39 is 0 Å². The summed E-state index contributed by atoms with van der Waals surface area (Å²) in [5, 5.41) is 12.8. The number of amides is 1. The Labute approximate surface area is 153 Å². The minimum atomic E-state index is -0.106. The SMILES string of the molecule is N#Cc1cc2c(nc1SCC(=O)Nc1ccc(Br)cc1)CCCC2. The van der Waals surface area contributed by atoms with E-state index in [4.69, 9.17) is 0 Å². The quantitative estimate of drug-likeness (QED) is 0.774. The number of aryl methyl sites for hydroxylation is 2. The number of aromatic nitrogens is 1. The summed E-state index contributed by atoms with van der Waals surface area (Å²) in [5.41, 5.74) is 3.58. The molecule has 0 spiro atoms. The number of pyridine rings is 1. The molecule has 0 aliphatic heterocycles. The molecule has 1 amide bonds. The van der Waals surface area contributed by atoms with Gasteiger partial charge in [0, 0.05) is 15.9 Å². The highest BCUT2D eigenvalue weighted by atomic mass is 79.9. The summed E-state index contributed by atoms with van der Waals surface area (Å²) in [5.74, 6) is 0.127. The van der Waals surface area contributed by atoms with Gasteiger partial charge in [-0.3, -0.25) is 4.79 Å². The second kappa shape index (κ2) is 7.82. The molecule has 0 unspecified atom stereocenters. The van der Waals surface area contributed by atoms with Crippen LogP contribution >= 0.6 is 27.7 Å². The monoisotopic (exact) mass is 401 g/mol. The molecule has 0 saturated carbocycles. The number of anilines is 1. The van der Waals surface area contributed by atoms with Crippen molar-refractivity contribution in [2.24, 2.45) is 0 Å². The highest BCUT2D eigenvalue weighted by Gasteiger charge is 2.16. The number of halogens is 1. The maximum absolute atomic E-state index is 12.1. The molecule has 1 aliphatic carbocycles. The molecule has 1 aromatic carbocycles. The average Bonchev–Trinajstić information content (AvgIpc) is 2.61. The van der Waals surface area contributed by atoms with Crippen molar-refractivity contribution >= 4 is 39.3 Å². The molecule has 0 radical (unpaired) electrons. The zero-order valence-electron chi connectivity index (χ0n) is 13.0. The molecule has 6 heteroatoms. The molecule has 3 rings (SSSR count). The van der Waals surface area contributed by atoms with Gasteiger partial charge in [0.2, 0.25) is 5.91 Å². The summed E-state index contributed by atoms with van der Waals surface area (Å²) in [4.78, 5) is 16.7. The van der Waals surface area contributed by atoms with Crippen LogP contribution in [0.1, 0.15) is 29.7 Å². The van der Waals surface area contributed by atoms with Crippen molar-refractivity contribution in [3.63, 3.8) is 0 Å². The molecule has 4 nitrogen and oxygen atoms in total. The molecule has 1 heterocycles. The molecule has 0 fully saturated rings. The smallest absolute Gasteiger partial charge is 0.234 e. The topological polar surface area (TPSA) is 65.8 Å². The number of rotatable bonds is 4. The van der Waals surface area contributed by atoms with E-state index in [-0.39, 0.29) is 11.7 Å². The summed E-state index contributed by atoms with van der Waals surface area (Å²) < 4.78 is 0.965. The first-order valence-electron chi connectivity index (χ1n) is 7.77. The van der Waals surface area contributed by atoms with Crippen molar-refractivity contribution in [1.29, 1.82) is 5.26 Å². The van der Waals surface area contributed by atoms with E-state index in [2.05, 4.69) is 32.3 Å². The van der Waals surface area contributed by atoms with Crippen molar-refractivity contribution in [1.82, 2.24) is 4.98 Å². The van der Waals surface area contributed by atoms with Crippen LogP contribution in [0, 0.1) is 11.3 Å². The van der Waals surface area contributed by atoms with Gasteiger partial charge in [-0.2, -0.15) is 5.26 Å². The first-order chi connectivity index (χ1) is 11.7. The van der Waals surface area contributed by atoms with E-state index in [1.807, 2.05) is 30.3 Å². The molecule has 122 valence electrons. The maximum Gasteiger partial charge on any atom is 0.234 e. The van der Waals surface area contributed by atoms with E-state index >= 15 is 0 Å². The molecule has 0 atom stereocenters. The maximum atomic E-state index is 12.1. The number of nitrogens with zero attached hydrogens (tertiary/aromatic N) is 2. The van der Waals surface area contributed by atoms with Gasteiger partial charge in [0.05, 0.1) is 11.3 Å². The molecule has 0 bridgehead atoms. The third kappa shape index (κ3) is 4.16. The van der Waals surface area contributed by atoms with Gasteiger partial charge < -0.3 is 5.32 Å². The van der Waals surface area contributed by atoms with Crippen LogP contribution in [0.3, 0.4) is 0 Å². The number of hydrogen-bond acceptors (Lipinski definition) is 4.